The molecule has 0 bridgehead atoms. The highest BCUT2D eigenvalue weighted by molar-refractivity contribution is 7.80. The Morgan fingerprint density at radius 2 is 2.43 bits per heavy atom. The number of hydrogen-bond acceptors (Lipinski definition) is 2. The van der Waals surface area contributed by atoms with Crippen LogP contribution in [-0.4, -0.2) is 28.5 Å². The average molecular weight is 212 g/mol. The number of aromatic nitrogens is 2. The molecule has 0 amide bonds. The van der Waals surface area contributed by atoms with Gasteiger partial charge in [-0.15, -0.1) is 0 Å². The average Bonchev–Trinajstić information content (AvgIpc) is 2.58. The zero-order chi connectivity index (χ0) is 10.4. The van der Waals surface area contributed by atoms with Crippen LogP contribution in [0.1, 0.15) is 12.0 Å². The molecule has 1 rings (SSSR count). The SMILES string of the molecule is CNC(=S)NCCCn1cc(C)cn1. The predicted molar refractivity (Wildman–Crippen MR) is 61.2 cm³/mol. The minimum absolute atomic E-state index is 0.696. The molecule has 0 aliphatic carbocycles. The smallest absolute Gasteiger partial charge is 0.166 e. The van der Waals surface area contributed by atoms with Gasteiger partial charge >= 0.3 is 0 Å². The van der Waals surface area contributed by atoms with Gasteiger partial charge in [0, 0.05) is 26.3 Å². The molecule has 78 valence electrons. The van der Waals surface area contributed by atoms with E-state index in [-0.39, 0.29) is 0 Å². The van der Waals surface area contributed by atoms with Crippen LogP contribution in [0.5, 0.6) is 0 Å². The quantitative estimate of drug-likeness (QED) is 0.569. The van der Waals surface area contributed by atoms with Crippen LogP contribution in [0.15, 0.2) is 12.4 Å². The fraction of sp³-hybridized carbons (Fsp3) is 0.556. The van der Waals surface area contributed by atoms with Gasteiger partial charge in [-0.05, 0) is 31.1 Å². The molecular weight excluding hydrogens is 196 g/mol. The first-order chi connectivity index (χ1) is 6.72. The molecule has 0 aliphatic heterocycles. The lowest BCUT2D eigenvalue weighted by molar-refractivity contribution is 0.572. The van der Waals surface area contributed by atoms with Gasteiger partial charge in [-0.3, -0.25) is 4.68 Å². The van der Waals surface area contributed by atoms with Crippen molar-refractivity contribution in [2.24, 2.45) is 0 Å². The van der Waals surface area contributed by atoms with E-state index < -0.39 is 0 Å². The second-order valence-electron chi connectivity index (χ2n) is 3.14. The maximum atomic E-state index is 4.94. The van der Waals surface area contributed by atoms with Crippen molar-refractivity contribution in [2.75, 3.05) is 13.6 Å². The van der Waals surface area contributed by atoms with Crippen LogP contribution in [0.25, 0.3) is 0 Å². The standard InChI is InChI=1S/C9H16N4S/c1-8-6-12-13(7-8)5-3-4-11-9(14)10-2/h6-7H,3-5H2,1-2H3,(H2,10,11,14). The summed E-state index contributed by atoms with van der Waals surface area (Å²) in [6, 6.07) is 0. The van der Waals surface area contributed by atoms with Gasteiger partial charge in [0.15, 0.2) is 5.11 Å². The summed E-state index contributed by atoms with van der Waals surface area (Å²) in [4.78, 5) is 0. The van der Waals surface area contributed by atoms with E-state index in [1.165, 1.54) is 5.56 Å². The van der Waals surface area contributed by atoms with Crippen molar-refractivity contribution in [3.8, 4) is 0 Å². The van der Waals surface area contributed by atoms with Crippen LogP contribution in [0.2, 0.25) is 0 Å². The first-order valence-electron chi connectivity index (χ1n) is 4.67. The first-order valence-corrected chi connectivity index (χ1v) is 5.08. The third-order valence-electron chi connectivity index (χ3n) is 1.84. The van der Waals surface area contributed by atoms with Gasteiger partial charge in [0.2, 0.25) is 0 Å². The summed E-state index contributed by atoms with van der Waals surface area (Å²) >= 11 is 4.94. The van der Waals surface area contributed by atoms with Crippen LogP contribution < -0.4 is 10.6 Å². The summed E-state index contributed by atoms with van der Waals surface area (Å²) in [7, 11) is 1.81. The van der Waals surface area contributed by atoms with Crippen LogP contribution in [0, 0.1) is 6.92 Å². The summed E-state index contributed by atoms with van der Waals surface area (Å²) in [5, 5.41) is 10.8. The summed E-state index contributed by atoms with van der Waals surface area (Å²) in [6.45, 7) is 3.84. The molecule has 2 N–H and O–H groups in total. The Balaban J connectivity index is 2.13. The number of thiocarbonyl (C=S) groups is 1. The summed E-state index contributed by atoms with van der Waals surface area (Å²) in [5.41, 5.74) is 1.20. The fourth-order valence-corrected chi connectivity index (χ4v) is 1.22. The Morgan fingerprint density at radius 3 is 3.00 bits per heavy atom. The second-order valence-corrected chi connectivity index (χ2v) is 3.55. The van der Waals surface area contributed by atoms with E-state index in [4.69, 9.17) is 12.2 Å². The zero-order valence-electron chi connectivity index (χ0n) is 8.58. The molecule has 0 saturated carbocycles. The van der Waals surface area contributed by atoms with Crippen LogP contribution >= 0.6 is 12.2 Å². The molecule has 0 radical (unpaired) electrons. The van der Waals surface area contributed by atoms with Gasteiger partial charge in [-0.25, -0.2) is 0 Å². The Labute approximate surface area is 89.7 Å². The Kier molecular flexibility index (Phi) is 4.39. The second kappa shape index (κ2) is 5.59. The number of nitrogens with one attached hydrogen (secondary N) is 2. The Morgan fingerprint density at radius 1 is 1.64 bits per heavy atom. The van der Waals surface area contributed by atoms with E-state index in [1.54, 1.807) is 0 Å². The monoisotopic (exact) mass is 212 g/mol. The molecule has 0 unspecified atom stereocenters. The van der Waals surface area contributed by atoms with Crippen LogP contribution in [0.3, 0.4) is 0 Å². The summed E-state index contributed by atoms with van der Waals surface area (Å²) in [5.74, 6) is 0. The molecule has 0 fully saturated rings. The van der Waals surface area contributed by atoms with Gasteiger partial charge in [-0.1, -0.05) is 0 Å². The largest absolute Gasteiger partial charge is 0.366 e. The van der Waals surface area contributed by atoms with Crippen molar-refractivity contribution >= 4 is 17.3 Å². The molecule has 1 heterocycles. The summed E-state index contributed by atoms with van der Waals surface area (Å²) < 4.78 is 1.94. The number of rotatable bonds is 4. The minimum atomic E-state index is 0.696. The van der Waals surface area contributed by atoms with Gasteiger partial charge in [0.05, 0.1) is 6.20 Å². The number of hydrogen-bond donors (Lipinski definition) is 2. The number of aryl methyl sites for hydroxylation is 2. The molecule has 14 heavy (non-hydrogen) atoms. The molecule has 0 spiro atoms. The highest BCUT2D eigenvalue weighted by atomic mass is 32.1. The van der Waals surface area contributed by atoms with Crippen LogP contribution in [0.4, 0.5) is 0 Å². The maximum absolute atomic E-state index is 4.94. The van der Waals surface area contributed by atoms with Crippen molar-refractivity contribution in [1.82, 2.24) is 20.4 Å². The lowest BCUT2D eigenvalue weighted by Gasteiger charge is -2.06. The lowest BCUT2D eigenvalue weighted by Crippen LogP contribution is -2.33. The van der Waals surface area contributed by atoms with Gasteiger partial charge in [-0.2, -0.15) is 5.10 Å². The molecule has 0 atom stereocenters. The molecule has 5 heteroatoms. The van der Waals surface area contributed by atoms with E-state index in [0.717, 1.165) is 19.5 Å². The topological polar surface area (TPSA) is 41.9 Å². The predicted octanol–water partition coefficient (Wildman–Crippen LogP) is 0.676. The van der Waals surface area contributed by atoms with Crippen molar-refractivity contribution < 1.29 is 0 Å². The van der Waals surface area contributed by atoms with Gasteiger partial charge in [0.1, 0.15) is 0 Å². The lowest BCUT2D eigenvalue weighted by atomic mass is 10.4. The third kappa shape index (κ3) is 3.74. The molecule has 1 aromatic rings. The number of nitrogens with zero attached hydrogens (tertiary/aromatic N) is 2. The molecule has 1 aromatic heterocycles. The van der Waals surface area contributed by atoms with Gasteiger partial charge < -0.3 is 10.6 Å². The van der Waals surface area contributed by atoms with Crippen molar-refractivity contribution in [1.29, 1.82) is 0 Å². The highest BCUT2D eigenvalue weighted by Crippen LogP contribution is 1.94. The minimum Gasteiger partial charge on any atom is -0.366 e. The third-order valence-corrected chi connectivity index (χ3v) is 2.19. The molecular formula is C9H16N4S. The molecule has 0 saturated heterocycles. The van der Waals surface area contributed by atoms with Gasteiger partial charge in [0.25, 0.3) is 0 Å². The van der Waals surface area contributed by atoms with Crippen molar-refractivity contribution in [2.45, 2.75) is 19.9 Å². The van der Waals surface area contributed by atoms with E-state index in [0.29, 0.717) is 5.11 Å². The van der Waals surface area contributed by atoms with Crippen molar-refractivity contribution in [3.63, 3.8) is 0 Å². The van der Waals surface area contributed by atoms with Crippen molar-refractivity contribution in [3.05, 3.63) is 18.0 Å². The molecule has 0 aromatic carbocycles. The Hall–Kier alpha value is -1.10. The normalized spacial score (nSPS) is 9.86. The van der Waals surface area contributed by atoms with E-state index in [2.05, 4.69) is 15.7 Å². The molecule has 4 nitrogen and oxygen atoms in total. The summed E-state index contributed by atoms with van der Waals surface area (Å²) in [6.07, 6.45) is 4.92. The molecule has 0 aliphatic rings. The van der Waals surface area contributed by atoms with E-state index in [1.807, 2.05) is 31.0 Å². The Bertz CT molecular complexity index is 295. The highest BCUT2D eigenvalue weighted by Gasteiger charge is 1.94. The van der Waals surface area contributed by atoms with E-state index in [9.17, 15) is 0 Å². The zero-order valence-corrected chi connectivity index (χ0v) is 9.40. The van der Waals surface area contributed by atoms with E-state index >= 15 is 0 Å². The maximum Gasteiger partial charge on any atom is 0.166 e. The van der Waals surface area contributed by atoms with Crippen LogP contribution in [-0.2, 0) is 6.54 Å². The first kappa shape index (κ1) is 11.0. The fourth-order valence-electron chi connectivity index (χ4n) is 1.12.